The van der Waals surface area contributed by atoms with E-state index >= 15 is 0 Å². The van der Waals surface area contributed by atoms with Crippen LogP contribution in [0.4, 0.5) is 5.95 Å². The standard InChI is InChI=1S/C25H28N8O2.CH2O2/c1-4-5-13-32-21-22(29-24(32)31-12-8-9-17(26)14-31)30(3)25(35)33(23(21)34)15-20-27-16(2)18-10-6-7-11-19(18)28-20;2-1-3/h6-7,10-11,17H,8-9,12-15,26H2,1-3H3;1H,(H,2,3)/t17-;/m1./s1. The topological polar surface area (TPSA) is 154 Å². The summed E-state index contributed by atoms with van der Waals surface area (Å²) in [5.41, 5.74) is 7.54. The number of piperidine rings is 1. The Labute approximate surface area is 218 Å². The van der Waals surface area contributed by atoms with Crippen molar-refractivity contribution in [2.45, 2.75) is 45.8 Å². The van der Waals surface area contributed by atoms with Gasteiger partial charge in [-0.05, 0) is 32.8 Å². The molecule has 3 aromatic heterocycles. The van der Waals surface area contributed by atoms with Crippen LogP contribution in [0.3, 0.4) is 0 Å². The van der Waals surface area contributed by atoms with E-state index < -0.39 is 11.2 Å². The zero-order valence-corrected chi connectivity index (χ0v) is 21.6. The van der Waals surface area contributed by atoms with Crippen LogP contribution in [-0.4, -0.2) is 59.4 Å². The number of carboxylic acid groups (broad SMARTS) is 1. The first-order valence-electron chi connectivity index (χ1n) is 12.2. The lowest BCUT2D eigenvalue weighted by atomic mass is 10.1. The lowest BCUT2D eigenvalue weighted by molar-refractivity contribution is -0.122. The van der Waals surface area contributed by atoms with Crippen LogP contribution in [-0.2, 0) is 24.9 Å². The first kappa shape index (κ1) is 26.6. The van der Waals surface area contributed by atoms with Crippen LogP contribution in [0.5, 0.6) is 0 Å². The van der Waals surface area contributed by atoms with Gasteiger partial charge in [-0.25, -0.2) is 14.8 Å². The molecule has 0 saturated carbocycles. The molecule has 12 heteroatoms. The van der Waals surface area contributed by atoms with Crippen LogP contribution >= 0.6 is 0 Å². The highest BCUT2D eigenvalue weighted by atomic mass is 16.3. The maximum atomic E-state index is 13.7. The highest BCUT2D eigenvalue weighted by Crippen LogP contribution is 2.23. The van der Waals surface area contributed by atoms with Crippen molar-refractivity contribution >= 4 is 34.5 Å². The molecule has 1 aromatic carbocycles. The monoisotopic (exact) mass is 518 g/mol. The number of benzene rings is 1. The Morgan fingerprint density at radius 2 is 1.92 bits per heavy atom. The molecule has 5 rings (SSSR count). The Balaban J connectivity index is 0.00000107. The Morgan fingerprint density at radius 1 is 1.18 bits per heavy atom. The molecule has 0 aliphatic carbocycles. The Kier molecular flexibility index (Phi) is 7.87. The molecule has 1 fully saturated rings. The van der Waals surface area contributed by atoms with E-state index in [1.54, 1.807) is 18.5 Å². The summed E-state index contributed by atoms with van der Waals surface area (Å²) in [6.45, 7) is 5.06. The van der Waals surface area contributed by atoms with Crippen molar-refractivity contribution < 1.29 is 9.90 Å². The number of hydrogen-bond donors (Lipinski definition) is 2. The number of aromatic nitrogens is 6. The third kappa shape index (κ3) is 5.01. The number of fused-ring (bicyclic) bond motifs is 2. The fourth-order valence-electron chi connectivity index (χ4n) is 4.75. The van der Waals surface area contributed by atoms with Crippen LogP contribution in [0.15, 0.2) is 33.9 Å². The summed E-state index contributed by atoms with van der Waals surface area (Å²) in [6, 6.07) is 7.71. The summed E-state index contributed by atoms with van der Waals surface area (Å²) < 4.78 is 4.39. The maximum absolute atomic E-state index is 13.7. The number of para-hydroxylation sites is 1. The van der Waals surface area contributed by atoms with Crippen molar-refractivity contribution in [2.75, 3.05) is 18.0 Å². The number of rotatable bonds is 4. The van der Waals surface area contributed by atoms with Crippen LogP contribution in [0, 0.1) is 18.8 Å². The minimum Gasteiger partial charge on any atom is -0.483 e. The number of nitrogens with zero attached hydrogens (tertiary/aromatic N) is 7. The smallest absolute Gasteiger partial charge is 0.332 e. The highest BCUT2D eigenvalue weighted by Gasteiger charge is 2.26. The molecule has 1 atom stereocenters. The molecule has 1 aliphatic rings. The highest BCUT2D eigenvalue weighted by molar-refractivity contribution is 5.80. The van der Waals surface area contributed by atoms with E-state index in [1.165, 1.54) is 9.13 Å². The third-order valence-corrected chi connectivity index (χ3v) is 6.51. The molecule has 1 saturated heterocycles. The maximum Gasteiger partial charge on any atom is 0.332 e. The van der Waals surface area contributed by atoms with Gasteiger partial charge in [0.2, 0.25) is 5.95 Å². The lowest BCUT2D eigenvalue weighted by Gasteiger charge is -2.31. The van der Waals surface area contributed by atoms with Crippen LogP contribution in [0.2, 0.25) is 0 Å². The molecular weight excluding hydrogens is 488 g/mol. The number of aryl methyl sites for hydroxylation is 2. The van der Waals surface area contributed by atoms with Crippen molar-refractivity contribution in [3.63, 3.8) is 0 Å². The van der Waals surface area contributed by atoms with Crippen molar-refractivity contribution in [1.82, 2.24) is 28.7 Å². The molecule has 0 radical (unpaired) electrons. The molecule has 38 heavy (non-hydrogen) atoms. The molecule has 4 heterocycles. The fourth-order valence-corrected chi connectivity index (χ4v) is 4.75. The molecule has 0 unspecified atom stereocenters. The van der Waals surface area contributed by atoms with Gasteiger partial charge < -0.3 is 15.7 Å². The minimum atomic E-state index is -0.468. The second-order valence-electron chi connectivity index (χ2n) is 9.03. The lowest BCUT2D eigenvalue weighted by Crippen LogP contribution is -2.44. The van der Waals surface area contributed by atoms with Gasteiger partial charge >= 0.3 is 5.69 Å². The SMILES string of the molecule is CC#CCn1c(N2CCC[C@@H](N)C2)nc2c1c(=O)n(Cc1nc(C)c3ccccc3n1)c(=O)n2C.O=CO. The quantitative estimate of drug-likeness (QED) is 0.295. The molecule has 198 valence electrons. The Morgan fingerprint density at radius 3 is 2.63 bits per heavy atom. The van der Waals surface area contributed by atoms with Gasteiger partial charge in [0.15, 0.2) is 11.2 Å². The van der Waals surface area contributed by atoms with Crippen molar-refractivity contribution in [1.29, 1.82) is 0 Å². The van der Waals surface area contributed by atoms with Crippen LogP contribution in [0.25, 0.3) is 22.1 Å². The van der Waals surface area contributed by atoms with Crippen molar-refractivity contribution in [2.24, 2.45) is 12.8 Å². The molecule has 0 bridgehead atoms. The molecule has 0 spiro atoms. The molecular formula is C26H30N8O4. The molecule has 12 nitrogen and oxygen atoms in total. The summed E-state index contributed by atoms with van der Waals surface area (Å²) in [5, 5.41) is 7.83. The predicted molar refractivity (Wildman–Crippen MR) is 144 cm³/mol. The van der Waals surface area contributed by atoms with Gasteiger partial charge in [0, 0.05) is 37.3 Å². The van der Waals surface area contributed by atoms with E-state index in [-0.39, 0.29) is 25.6 Å². The minimum absolute atomic E-state index is 0.0306. The fraction of sp³-hybridized carbons (Fsp3) is 0.385. The largest absolute Gasteiger partial charge is 0.483 e. The van der Waals surface area contributed by atoms with Crippen LogP contribution in [0.1, 0.15) is 31.3 Å². The van der Waals surface area contributed by atoms with E-state index in [9.17, 15) is 9.59 Å². The summed E-state index contributed by atoms with van der Waals surface area (Å²) in [7, 11) is 1.63. The first-order chi connectivity index (χ1) is 18.3. The van der Waals surface area contributed by atoms with E-state index in [0.29, 0.717) is 29.5 Å². The van der Waals surface area contributed by atoms with Crippen LogP contribution < -0.4 is 21.9 Å². The number of hydrogen-bond acceptors (Lipinski definition) is 8. The second kappa shape index (κ2) is 11.3. The summed E-state index contributed by atoms with van der Waals surface area (Å²) in [5.74, 6) is 6.96. The summed E-state index contributed by atoms with van der Waals surface area (Å²) in [6.07, 6.45) is 1.88. The Hall–Kier alpha value is -4.50. The van der Waals surface area contributed by atoms with E-state index in [1.807, 2.05) is 31.2 Å². The summed E-state index contributed by atoms with van der Waals surface area (Å²) >= 11 is 0. The molecule has 0 amide bonds. The van der Waals surface area contributed by atoms with Gasteiger partial charge in [-0.1, -0.05) is 24.1 Å². The predicted octanol–water partition coefficient (Wildman–Crippen LogP) is 0.848. The van der Waals surface area contributed by atoms with E-state index in [0.717, 1.165) is 36.0 Å². The zero-order valence-electron chi connectivity index (χ0n) is 21.6. The summed E-state index contributed by atoms with van der Waals surface area (Å²) in [4.78, 5) is 51.3. The average Bonchev–Trinajstić information content (AvgIpc) is 3.29. The van der Waals surface area contributed by atoms with E-state index in [2.05, 4.69) is 26.7 Å². The van der Waals surface area contributed by atoms with Gasteiger partial charge in [0.25, 0.3) is 12.0 Å². The number of imidazole rings is 1. The number of carbonyl (C=O) groups is 1. The average molecular weight is 519 g/mol. The normalized spacial score (nSPS) is 15.1. The van der Waals surface area contributed by atoms with Crippen molar-refractivity contribution in [3.8, 4) is 11.8 Å². The Bertz CT molecular complexity index is 1670. The van der Waals surface area contributed by atoms with Crippen molar-refractivity contribution in [3.05, 3.63) is 56.6 Å². The number of nitrogens with two attached hydrogens (primary N) is 1. The molecule has 3 N–H and O–H groups in total. The van der Waals surface area contributed by atoms with Gasteiger partial charge in [-0.3, -0.25) is 23.3 Å². The van der Waals surface area contributed by atoms with Gasteiger partial charge in [-0.15, -0.1) is 5.92 Å². The van der Waals surface area contributed by atoms with Gasteiger partial charge in [0.1, 0.15) is 5.82 Å². The first-order valence-corrected chi connectivity index (χ1v) is 12.2. The molecule has 4 aromatic rings. The van der Waals surface area contributed by atoms with Gasteiger partial charge in [-0.2, -0.15) is 4.98 Å². The van der Waals surface area contributed by atoms with Gasteiger partial charge in [0.05, 0.1) is 18.6 Å². The molecule has 1 aliphatic heterocycles. The second-order valence-corrected chi connectivity index (χ2v) is 9.03. The third-order valence-electron chi connectivity index (χ3n) is 6.51. The number of anilines is 1. The van der Waals surface area contributed by atoms with E-state index in [4.69, 9.17) is 20.6 Å². The zero-order chi connectivity index (χ0) is 27.4.